The average Bonchev–Trinajstić information content (AvgIpc) is 3.16. The number of para-hydroxylation sites is 1. The van der Waals surface area contributed by atoms with E-state index in [1.54, 1.807) is 36.4 Å². The van der Waals surface area contributed by atoms with Crippen molar-refractivity contribution in [2.45, 2.75) is 25.5 Å². The zero-order valence-electron chi connectivity index (χ0n) is 16.2. The molecule has 1 unspecified atom stereocenters. The number of rotatable bonds is 6. The Labute approximate surface area is 183 Å². The maximum absolute atomic E-state index is 12.8. The first kappa shape index (κ1) is 20.2. The summed E-state index contributed by atoms with van der Waals surface area (Å²) in [5, 5.41) is 3.14. The van der Waals surface area contributed by atoms with Crippen LogP contribution in [0.4, 0.5) is 0 Å². The molecule has 0 heterocycles. The van der Waals surface area contributed by atoms with Gasteiger partial charge in [0.15, 0.2) is 0 Å². The zero-order valence-corrected chi connectivity index (χ0v) is 17.8. The van der Waals surface area contributed by atoms with Crippen LogP contribution >= 0.6 is 15.9 Å². The summed E-state index contributed by atoms with van der Waals surface area (Å²) in [7, 11) is 0. The largest absolute Gasteiger partial charge is 0.488 e. The van der Waals surface area contributed by atoms with E-state index in [1.807, 2.05) is 24.3 Å². The van der Waals surface area contributed by atoms with Gasteiger partial charge in [0, 0.05) is 10.0 Å². The minimum Gasteiger partial charge on any atom is -0.488 e. The fourth-order valence-corrected chi connectivity index (χ4v) is 4.34. The van der Waals surface area contributed by atoms with Crippen LogP contribution in [0.2, 0.25) is 0 Å². The van der Waals surface area contributed by atoms with Gasteiger partial charge in [0.2, 0.25) is 0 Å². The first-order valence-corrected chi connectivity index (χ1v) is 10.5. The van der Waals surface area contributed by atoms with Crippen LogP contribution in [0.15, 0.2) is 71.2 Å². The molecule has 1 aliphatic rings. The van der Waals surface area contributed by atoms with Crippen molar-refractivity contribution >= 4 is 27.7 Å². The number of amides is 2. The van der Waals surface area contributed by atoms with Gasteiger partial charge in [-0.05, 0) is 59.9 Å². The molecule has 152 valence electrons. The molecule has 0 bridgehead atoms. The number of fused-ring (bicyclic) bond motifs is 1. The van der Waals surface area contributed by atoms with Crippen LogP contribution in [-0.2, 0) is 13.0 Å². The van der Waals surface area contributed by atoms with Crippen molar-refractivity contribution in [1.82, 2.24) is 5.32 Å². The zero-order chi connectivity index (χ0) is 21.1. The second-order valence-corrected chi connectivity index (χ2v) is 8.08. The molecule has 6 heteroatoms. The lowest BCUT2D eigenvalue weighted by molar-refractivity contribution is 0.0935. The molecule has 0 aliphatic heterocycles. The van der Waals surface area contributed by atoms with Gasteiger partial charge in [-0.3, -0.25) is 9.59 Å². The molecule has 3 aromatic rings. The Kier molecular flexibility index (Phi) is 5.86. The Morgan fingerprint density at radius 2 is 1.87 bits per heavy atom. The van der Waals surface area contributed by atoms with E-state index < -0.39 is 5.91 Å². The van der Waals surface area contributed by atoms with Crippen LogP contribution in [0.3, 0.4) is 0 Å². The molecule has 0 saturated carbocycles. The maximum Gasteiger partial charge on any atom is 0.252 e. The summed E-state index contributed by atoms with van der Waals surface area (Å²) in [6.07, 6.45) is 1.82. The summed E-state index contributed by atoms with van der Waals surface area (Å²) in [6.45, 7) is 0.227. The average molecular weight is 465 g/mol. The minimum atomic E-state index is -0.540. The molecule has 0 aromatic heterocycles. The summed E-state index contributed by atoms with van der Waals surface area (Å²) in [5.41, 5.74) is 9.56. The van der Waals surface area contributed by atoms with Crippen LogP contribution in [-0.4, -0.2) is 11.8 Å². The second-order valence-electron chi connectivity index (χ2n) is 7.22. The summed E-state index contributed by atoms with van der Waals surface area (Å²) in [5.74, 6) is -0.234. The van der Waals surface area contributed by atoms with E-state index in [4.69, 9.17) is 10.5 Å². The van der Waals surface area contributed by atoms with E-state index in [1.165, 1.54) is 11.1 Å². The third-order valence-electron chi connectivity index (χ3n) is 5.25. The van der Waals surface area contributed by atoms with Crippen LogP contribution in [0.5, 0.6) is 5.75 Å². The Hall–Kier alpha value is -3.12. The molecule has 0 spiro atoms. The van der Waals surface area contributed by atoms with E-state index in [2.05, 4.69) is 27.3 Å². The lowest BCUT2D eigenvalue weighted by Gasteiger charge is -2.15. The van der Waals surface area contributed by atoms with Gasteiger partial charge in [0.1, 0.15) is 12.4 Å². The molecule has 0 fully saturated rings. The maximum atomic E-state index is 12.8. The van der Waals surface area contributed by atoms with E-state index in [9.17, 15) is 9.59 Å². The van der Waals surface area contributed by atoms with Crippen molar-refractivity contribution < 1.29 is 14.3 Å². The molecular weight excluding hydrogens is 444 g/mol. The summed E-state index contributed by atoms with van der Waals surface area (Å²) in [4.78, 5) is 24.4. The number of hydrogen-bond acceptors (Lipinski definition) is 3. The molecule has 3 N–H and O–H groups in total. The monoisotopic (exact) mass is 464 g/mol. The number of hydrogen-bond donors (Lipinski definition) is 2. The Morgan fingerprint density at radius 1 is 1.07 bits per heavy atom. The van der Waals surface area contributed by atoms with Crippen molar-refractivity contribution in [2.24, 2.45) is 5.73 Å². The van der Waals surface area contributed by atoms with Gasteiger partial charge in [-0.2, -0.15) is 0 Å². The van der Waals surface area contributed by atoms with Crippen molar-refractivity contribution in [3.05, 3.63) is 99.0 Å². The number of carbonyl (C=O) groups excluding carboxylic acids is 2. The van der Waals surface area contributed by atoms with Crippen molar-refractivity contribution in [3.8, 4) is 5.75 Å². The number of nitrogens with two attached hydrogens (primary N) is 1. The highest BCUT2D eigenvalue weighted by Crippen LogP contribution is 2.35. The van der Waals surface area contributed by atoms with Crippen molar-refractivity contribution in [1.29, 1.82) is 0 Å². The molecule has 3 aromatic carbocycles. The van der Waals surface area contributed by atoms with Crippen LogP contribution in [0.25, 0.3) is 0 Å². The van der Waals surface area contributed by atoms with E-state index >= 15 is 0 Å². The molecule has 5 nitrogen and oxygen atoms in total. The quantitative estimate of drug-likeness (QED) is 0.561. The molecule has 0 radical (unpaired) electrons. The fourth-order valence-electron chi connectivity index (χ4n) is 3.76. The van der Waals surface area contributed by atoms with E-state index in [-0.39, 0.29) is 18.6 Å². The number of primary amides is 1. The SMILES string of the molecule is NC(=O)c1ccccc1OCc1cccc(C(=O)NC2CCc3c(Br)cccc32)c1. The molecule has 1 atom stereocenters. The highest BCUT2D eigenvalue weighted by molar-refractivity contribution is 9.10. The van der Waals surface area contributed by atoms with Gasteiger partial charge in [-0.15, -0.1) is 0 Å². The standard InChI is InChI=1S/C24H21BrN2O3/c25-20-9-4-8-18-17(20)11-12-21(18)27-24(29)16-6-3-5-15(13-16)14-30-22-10-2-1-7-19(22)23(26)28/h1-10,13,21H,11-12,14H2,(H2,26,28)(H,27,29). The number of carbonyl (C=O) groups is 2. The highest BCUT2D eigenvalue weighted by Gasteiger charge is 2.25. The Morgan fingerprint density at radius 3 is 2.70 bits per heavy atom. The number of nitrogens with one attached hydrogen (secondary N) is 1. The van der Waals surface area contributed by atoms with Crippen molar-refractivity contribution in [3.63, 3.8) is 0 Å². The molecule has 0 saturated heterocycles. The first-order valence-electron chi connectivity index (χ1n) is 9.71. The number of halogens is 1. The van der Waals surface area contributed by atoms with Crippen LogP contribution in [0.1, 0.15) is 49.9 Å². The topological polar surface area (TPSA) is 81.4 Å². The Bertz CT molecular complexity index is 1110. The number of benzene rings is 3. The summed E-state index contributed by atoms with van der Waals surface area (Å²) >= 11 is 3.59. The van der Waals surface area contributed by atoms with Crippen molar-refractivity contribution in [2.75, 3.05) is 0 Å². The lowest BCUT2D eigenvalue weighted by Crippen LogP contribution is -2.27. The highest BCUT2D eigenvalue weighted by atomic mass is 79.9. The minimum absolute atomic E-state index is 0.00681. The molecule has 30 heavy (non-hydrogen) atoms. The van der Waals surface area contributed by atoms with Gasteiger partial charge < -0.3 is 15.8 Å². The van der Waals surface area contributed by atoms with Crippen LogP contribution in [0, 0.1) is 0 Å². The predicted molar refractivity (Wildman–Crippen MR) is 118 cm³/mol. The van der Waals surface area contributed by atoms with Gasteiger partial charge in [0.05, 0.1) is 11.6 Å². The van der Waals surface area contributed by atoms with Gasteiger partial charge >= 0.3 is 0 Å². The number of ether oxygens (including phenoxy) is 1. The second kappa shape index (κ2) is 8.71. The van der Waals surface area contributed by atoms with E-state index in [0.717, 1.165) is 22.9 Å². The van der Waals surface area contributed by atoms with E-state index in [0.29, 0.717) is 16.9 Å². The smallest absolute Gasteiger partial charge is 0.252 e. The first-order chi connectivity index (χ1) is 14.5. The third-order valence-corrected chi connectivity index (χ3v) is 6.00. The third kappa shape index (κ3) is 4.24. The fraction of sp³-hybridized carbons (Fsp3) is 0.167. The Balaban J connectivity index is 1.45. The van der Waals surface area contributed by atoms with Gasteiger partial charge in [0.25, 0.3) is 11.8 Å². The van der Waals surface area contributed by atoms with Gasteiger partial charge in [-0.1, -0.05) is 52.3 Å². The summed E-state index contributed by atoms with van der Waals surface area (Å²) in [6, 6.07) is 20.2. The normalized spacial score (nSPS) is 14.8. The van der Waals surface area contributed by atoms with Gasteiger partial charge in [-0.25, -0.2) is 0 Å². The molecule has 4 rings (SSSR count). The molecule has 1 aliphatic carbocycles. The van der Waals surface area contributed by atoms with Crippen LogP contribution < -0.4 is 15.8 Å². The predicted octanol–water partition coefficient (Wildman–Crippen LogP) is 4.54. The lowest BCUT2D eigenvalue weighted by atomic mass is 10.1. The molecular formula is C24H21BrN2O3. The summed E-state index contributed by atoms with van der Waals surface area (Å²) < 4.78 is 6.86. The molecule has 2 amide bonds.